The Morgan fingerprint density at radius 2 is 2.00 bits per heavy atom. The molecule has 0 spiro atoms. The highest BCUT2D eigenvalue weighted by atomic mass is 16.5. The van der Waals surface area contributed by atoms with Crippen LogP contribution in [0.2, 0.25) is 0 Å². The Hall–Kier alpha value is -0.860. The van der Waals surface area contributed by atoms with Crippen molar-refractivity contribution < 1.29 is 4.74 Å². The van der Waals surface area contributed by atoms with Crippen LogP contribution in [-0.4, -0.2) is 19.3 Å². The number of hydrogen-bond donors (Lipinski definition) is 1. The van der Waals surface area contributed by atoms with Crippen LogP contribution < -0.4 is 5.32 Å². The fraction of sp³-hybridized carbons (Fsp3) is 0.684. The molecule has 1 aliphatic rings. The molecule has 0 saturated heterocycles. The minimum atomic E-state index is 0.498. The summed E-state index contributed by atoms with van der Waals surface area (Å²) in [6.45, 7) is 10.7. The van der Waals surface area contributed by atoms with Crippen LogP contribution in [0.3, 0.4) is 0 Å². The van der Waals surface area contributed by atoms with E-state index < -0.39 is 0 Å². The summed E-state index contributed by atoms with van der Waals surface area (Å²) >= 11 is 0. The summed E-state index contributed by atoms with van der Waals surface area (Å²) in [5.41, 5.74) is 4.26. The molecular weight excluding hydrogens is 258 g/mol. The zero-order chi connectivity index (χ0) is 15.2. The number of rotatable bonds is 8. The predicted molar refractivity (Wildman–Crippen MR) is 89.7 cm³/mol. The molecule has 0 aromatic heterocycles. The van der Waals surface area contributed by atoms with Gasteiger partial charge < -0.3 is 10.1 Å². The first-order valence-electron chi connectivity index (χ1n) is 8.56. The third-order valence-electron chi connectivity index (χ3n) is 4.61. The average molecular weight is 289 g/mol. The van der Waals surface area contributed by atoms with E-state index in [1.807, 2.05) is 0 Å². The van der Waals surface area contributed by atoms with Gasteiger partial charge in [-0.05, 0) is 70.0 Å². The number of hydrogen-bond acceptors (Lipinski definition) is 2. The van der Waals surface area contributed by atoms with Gasteiger partial charge in [-0.15, -0.1) is 0 Å². The number of benzene rings is 1. The van der Waals surface area contributed by atoms with Gasteiger partial charge in [-0.1, -0.05) is 30.7 Å². The first-order valence-corrected chi connectivity index (χ1v) is 8.56. The van der Waals surface area contributed by atoms with E-state index in [0.29, 0.717) is 12.1 Å². The first kappa shape index (κ1) is 16.5. The molecule has 1 fully saturated rings. The molecule has 1 atom stereocenters. The zero-order valence-corrected chi connectivity index (χ0v) is 14.1. The maximum atomic E-state index is 5.70. The quantitative estimate of drug-likeness (QED) is 0.758. The summed E-state index contributed by atoms with van der Waals surface area (Å²) in [6, 6.07) is 7.33. The van der Waals surface area contributed by atoms with Crippen LogP contribution in [0.5, 0.6) is 0 Å². The molecule has 21 heavy (non-hydrogen) atoms. The number of ether oxygens (including phenoxy) is 1. The van der Waals surface area contributed by atoms with Crippen molar-refractivity contribution in [1.29, 1.82) is 0 Å². The Labute approximate surface area is 130 Å². The van der Waals surface area contributed by atoms with E-state index in [2.05, 4.69) is 51.2 Å². The number of aryl methyl sites for hydroxylation is 2. The van der Waals surface area contributed by atoms with Crippen LogP contribution in [0.4, 0.5) is 0 Å². The van der Waals surface area contributed by atoms with Gasteiger partial charge in [0, 0.05) is 12.6 Å². The summed E-state index contributed by atoms with van der Waals surface area (Å²) in [5.74, 6) is 0.816. The van der Waals surface area contributed by atoms with E-state index in [1.54, 1.807) is 0 Å². The number of nitrogens with one attached hydrogen (secondary N) is 1. The second kappa shape index (κ2) is 7.95. The van der Waals surface area contributed by atoms with Gasteiger partial charge in [0.05, 0.1) is 6.10 Å². The van der Waals surface area contributed by atoms with Crippen LogP contribution in [0.25, 0.3) is 0 Å². The van der Waals surface area contributed by atoms with Crippen molar-refractivity contribution in [2.45, 2.75) is 65.5 Å². The molecule has 1 unspecified atom stereocenters. The van der Waals surface area contributed by atoms with Crippen molar-refractivity contribution in [3.63, 3.8) is 0 Å². The van der Waals surface area contributed by atoms with Crippen LogP contribution in [0, 0.1) is 19.8 Å². The lowest BCUT2D eigenvalue weighted by Gasteiger charge is -2.37. The Bertz CT molecular complexity index is 437. The monoisotopic (exact) mass is 289 g/mol. The highest BCUT2D eigenvalue weighted by Crippen LogP contribution is 2.37. The van der Waals surface area contributed by atoms with Crippen molar-refractivity contribution in [2.24, 2.45) is 5.92 Å². The Balaban J connectivity index is 1.99. The molecule has 2 nitrogen and oxygen atoms in total. The Morgan fingerprint density at radius 1 is 1.24 bits per heavy atom. The van der Waals surface area contributed by atoms with Gasteiger partial charge >= 0.3 is 0 Å². The average Bonchev–Trinajstić information content (AvgIpc) is 2.43. The van der Waals surface area contributed by atoms with Gasteiger partial charge in [-0.3, -0.25) is 0 Å². The van der Waals surface area contributed by atoms with Crippen molar-refractivity contribution in [3.05, 3.63) is 34.9 Å². The molecule has 0 amide bonds. The molecule has 0 bridgehead atoms. The third-order valence-corrected chi connectivity index (χ3v) is 4.61. The van der Waals surface area contributed by atoms with Crippen molar-refractivity contribution in [2.75, 3.05) is 13.2 Å². The molecule has 1 saturated carbocycles. The van der Waals surface area contributed by atoms with E-state index in [-0.39, 0.29) is 0 Å². The molecule has 0 heterocycles. The maximum absolute atomic E-state index is 5.70. The molecule has 1 aromatic rings. The predicted octanol–water partition coefficient (Wildman–Crippen LogP) is 4.55. The van der Waals surface area contributed by atoms with Crippen LogP contribution >= 0.6 is 0 Å². The highest BCUT2D eigenvalue weighted by molar-refractivity contribution is 5.33. The smallest absolute Gasteiger partial charge is 0.0580 e. The van der Waals surface area contributed by atoms with Crippen molar-refractivity contribution in [1.82, 2.24) is 5.32 Å². The minimum Gasteiger partial charge on any atom is -0.378 e. The molecule has 2 heteroatoms. The lowest BCUT2D eigenvalue weighted by Crippen LogP contribution is -2.35. The van der Waals surface area contributed by atoms with Gasteiger partial charge in [0.25, 0.3) is 0 Å². The summed E-state index contributed by atoms with van der Waals surface area (Å²) in [4.78, 5) is 0. The minimum absolute atomic E-state index is 0.498. The summed E-state index contributed by atoms with van der Waals surface area (Å²) < 4.78 is 5.70. The van der Waals surface area contributed by atoms with Crippen LogP contribution in [0.15, 0.2) is 18.2 Å². The van der Waals surface area contributed by atoms with E-state index >= 15 is 0 Å². The van der Waals surface area contributed by atoms with Crippen LogP contribution in [-0.2, 0) is 4.74 Å². The van der Waals surface area contributed by atoms with E-state index in [1.165, 1.54) is 42.4 Å². The largest absolute Gasteiger partial charge is 0.378 e. The molecule has 2 rings (SSSR count). The second-order valence-electron chi connectivity index (χ2n) is 6.52. The summed E-state index contributed by atoms with van der Waals surface area (Å²) in [7, 11) is 0. The van der Waals surface area contributed by atoms with Gasteiger partial charge in [-0.25, -0.2) is 0 Å². The summed E-state index contributed by atoms with van der Waals surface area (Å²) in [5, 5.41) is 3.76. The Morgan fingerprint density at radius 3 is 2.67 bits per heavy atom. The van der Waals surface area contributed by atoms with Gasteiger partial charge in [0.15, 0.2) is 0 Å². The van der Waals surface area contributed by atoms with E-state index in [0.717, 1.165) is 19.1 Å². The molecule has 0 aliphatic heterocycles. The fourth-order valence-corrected chi connectivity index (χ4v) is 3.35. The van der Waals surface area contributed by atoms with Gasteiger partial charge in [0.2, 0.25) is 0 Å². The van der Waals surface area contributed by atoms with Gasteiger partial charge in [-0.2, -0.15) is 0 Å². The van der Waals surface area contributed by atoms with Crippen molar-refractivity contribution >= 4 is 0 Å². The third kappa shape index (κ3) is 4.55. The maximum Gasteiger partial charge on any atom is 0.0580 e. The molecule has 1 aliphatic carbocycles. The standard InChI is InChI=1S/C19H31NO/c1-5-9-20-19(13-16-11-17(12-16)21-6-2)18-10-14(3)7-8-15(18)4/h7-8,10,16-17,19-20H,5-6,9,11-13H2,1-4H3. The second-order valence-corrected chi connectivity index (χ2v) is 6.52. The Kier molecular flexibility index (Phi) is 6.25. The van der Waals surface area contributed by atoms with E-state index in [4.69, 9.17) is 4.74 Å². The molecule has 1 aromatic carbocycles. The lowest BCUT2D eigenvalue weighted by atomic mass is 9.76. The normalized spacial score (nSPS) is 22.9. The molecule has 1 N–H and O–H groups in total. The van der Waals surface area contributed by atoms with Crippen LogP contribution in [0.1, 0.15) is 62.3 Å². The highest BCUT2D eigenvalue weighted by Gasteiger charge is 2.31. The topological polar surface area (TPSA) is 21.3 Å². The zero-order valence-electron chi connectivity index (χ0n) is 14.1. The molecule has 118 valence electrons. The van der Waals surface area contributed by atoms with Gasteiger partial charge in [0.1, 0.15) is 0 Å². The molecular formula is C19H31NO. The first-order chi connectivity index (χ1) is 10.1. The summed E-state index contributed by atoms with van der Waals surface area (Å²) in [6.07, 6.45) is 5.43. The van der Waals surface area contributed by atoms with E-state index in [9.17, 15) is 0 Å². The lowest BCUT2D eigenvalue weighted by molar-refractivity contribution is -0.0291. The van der Waals surface area contributed by atoms with Crippen molar-refractivity contribution in [3.8, 4) is 0 Å². The SMILES string of the molecule is CCCNC(CC1CC(OCC)C1)c1cc(C)ccc1C. The fourth-order valence-electron chi connectivity index (χ4n) is 3.35. The molecule has 0 radical (unpaired) electrons.